The SMILES string of the molecule is CCCCCCCC[Si@@](C)(C1=CC=CC2=C3C=CC=CC3CC12)C1C2C=CC=CC2=C2C=CC=CC21.[CH3-].[CH3-].[Cl][Zr+2][Cl]. The van der Waals surface area contributed by atoms with Gasteiger partial charge in [0.05, 0.1) is 8.07 Å². The van der Waals surface area contributed by atoms with Gasteiger partial charge >= 0.3 is 37.9 Å². The van der Waals surface area contributed by atoms with Crippen LogP contribution in [0.1, 0.15) is 51.9 Å². The Bertz CT molecular complexity index is 1190. The van der Waals surface area contributed by atoms with E-state index >= 15 is 0 Å². The fourth-order valence-electron chi connectivity index (χ4n) is 8.26. The topological polar surface area (TPSA) is 0 Å². The van der Waals surface area contributed by atoms with E-state index in [-0.39, 0.29) is 14.9 Å². The molecule has 6 rings (SSSR count). The van der Waals surface area contributed by atoms with E-state index in [4.69, 9.17) is 17.0 Å². The van der Waals surface area contributed by atoms with E-state index < -0.39 is 28.9 Å². The summed E-state index contributed by atoms with van der Waals surface area (Å²) >= 11 is -0.826. The second-order valence-electron chi connectivity index (χ2n) is 12.0. The van der Waals surface area contributed by atoms with Crippen LogP contribution < -0.4 is 0 Å². The molecule has 0 aromatic heterocycles. The molecule has 0 aromatic rings. The van der Waals surface area contributed by atoms with Gasteiger partial charge in [0, 0.05) is 23.7 Å². The third kappa shape index (κ3) is 7.09. The van der Waals surface area contributed by atoms with Crippen LogP contribution in [0.3, 0.4) is 0 Å². The number of allylic oxidation sites excluding steroid dienone is 20. The molecule has 0 saturated heterocycles. The molecule has 0 heterocycles. The molecular formula is C37H48Cl2SiZr. The molecule has 0 spiro atoms. The number of unbranched alkanes of at least 4 members (excludes halogenated alkanes) is 5. The average molecular weight is 683 g/mol. The van der Waals surface area contributed by atoms with Gasteiger partial charge in [-0.15, -0.1) is 0 Å². The molecular weight excluding hydrogens is 635 g/mol. The predicted octanol–water partition coefficient (Wildman–Crippen LogP) is 12.0. The van der Waals surface area contributed by atoms with Gasteiger partial charge in [-0.25, -0.2) is 0 Å². The van der Waals surface area contributed by atoms with Crippen LogP contribution in [0.4, 0.5) is 0 Å². The Morgan fingerprint density at radius 2 is 1.24 bits per heavy atom. The summed E-state index contributed by atoms with van der Waals surface area (Å²) in [5.41, 5.74) is 7.15. The Hall–Kier alpha value is -0.920. The second kappa shape index (κ2) is 16.2. The van der Waals surface area contributed by atoms with Crippen molar-refractivity contribution in [3.63, 3.8) is 0 Å². The van der Waals surface area contributed by atoms with E-state index in [2.05, 4.69) is 105 Å². The summed E-state index contributed by atoms with van der Waals surface area (Å²) < 4.78 is 0. The first-order valence-corrected chi connectivity index (χ1v) is 24.1. The van der Waals surface area contributed by atoms with Crippen LogP contribution in [0.15, 0.2) is 119 Å². The fraction of sp³-hybridized carbons (Fsp3) is 0.405. The van der Waals surface area contributed by atoms with Crippen molar-refractivity contribution >= 4 is 25.1 Å². The molecule has 0 saturated carbocycles. The zero-order valence-corrected chi connectivity index (χ0v) is 30.4. The maximum absolute atomic E-state index is 4.93. The van der Waals surface area contributed by atoms with E-state index in [1.54, 1.807) is 22.3 Å². The molecule has 6 aliphatic carbocycles. The normalized spacial score (nSPS) is 28.8. The Balaban J connectivity index is 0.000000887. The number of hydrogen-bond donors (Lipinski definition) is 0. The number of halogens is 2. The van der Waals surface area contributed by atoms with Crippen molar-refractivity contribution in [1.29, 1.82) is 0 Å². The maximum atomic E-state index is 4.93. The Morgan fingerprint density at radius 1 is 0.707 bits per heavy atom. The summed E-state index contributed by atoms with van der Waals surface area (Å²) in [5.74, 6) is 2.38. The minimum absolute atomic E-state index is 0. The molecule has 0 nitrogen and oxygen atoms in total. The molecule has 41 heavy (non-hydrogen) atoms. The summed E-state index contributed by atoms with van der Waals surface area (Å²) in [7, 11) is 8.03. The molecule has 4 heteroatoms. The molecule has 218 valence electrons. The average Bonchev–Trinajstić information content (AvgIpc) is 3.51. The molecule has 0 radical (unpaired) electrons. The zero-order chi connectivity index (χ0) is 27.2. The van der Waals surface area contributed by atoms with Crippen LogP contribution in [0.5, 0.6) is 0 Å². The van der Waals surface area contributed by atoms with Crippen molar-refractivity contribution in [2.45, 2.75) is 70.0 Å². The Labute approximate surface area is 271 Å². The first-order valence-electron chi connectivity index (χ1n) is 15.0. The molecule has 6 aliphatic rings. The van der Waals surface area contributed by atoms with Crippen LogP contribution in [-0.4, -0.2) is 8.07 Å². The van der Waals surface area contributed by atoms with Crippen LogP contribution in [0.2, 0.25) is 18.1 Å². The number of rotatable bonds is 9. The minimum atomic E-state index is -1.84. The second-order valence-corrected chi connectivity index (χ2v) is 20.3. The van der Waals surface area contributed by atoms with Crippen molar-refractivity contribution in [1.82, 2.24) is 0 Å². The van der Waals surface area contributed by atoms with Gasteiger partial charge in [-0.2, -0.15) is 0 Å². The van der Waals surface area contributed by atoms with Gasteiger partial charge in [-0.3, -0.25) is 0 Å². The van der Waals surface area contributed by atoms with Crippen molar-refractivity contribution in [3.8, 4) is 0 Å². The molecule has 5 atom stereocenters. The summed E-state index contributed by atoms with van der Waals surface area (Å²) in [6.07, 6.45) is 45.6. The van der Waals surface area contributed by atoms with E-state index in [0.29, 0.717) is 23.7 Å². The van der Waals surface area contributed by atoms with Crippen LogP contribution in [0, 0.1) is 38.5 Å². The van der Waals surface area contributed by atoms with Crippen LogP contribution >= 0.6 is 17.0 Å². The van der Waals surface area contributed by atoms with E-state index in [1.807, 2.05) is 5.20 Å². The van der Waals surface area contributed by atoms with E-state index in [1.165, 1.54) is 51.0 Å². The summed E-state index contributed by atoms with van der Waals surface area (Å²) in [6.45, 7) is 5.12. The van der Waals surface area contributed by atoms with Gasteiger partial charge < -0.3 is 14.9 Å². The van der Waals surface area contributed by atoms with Gasteiger partial charge in [0.1, 0.15) is 0 Å². The number of fused-ring (bicyclic) bond motifs is 4. The van der Waals surface area contributed by atoms with E-state index in [0.717, 1.165) is 5.54 Å². The van der Waals surface area contributed by atoms with Gasteiger partial charge in [0.25, 0.3) is 0 Å². The third-order valence-corrected chi connectivity index (χ3v) is 15.4. The first kappa shape index (κ1) is 34.6. The number of hydrogen-bond acceptors (Lipinski definition) is 0. The Morgan fingerprint density at radius 3 is 1.88 bits per heavy atom. The van der Waals surface area contributed by atoms with Crippen molar-refractivity contribution in [2.24, 2.45) is 23.7 Å². The van der Waals surface area contributed by atoms with Crippen molar-refractivity contribution in [2.75, 3.05) is 0 Å². The van der Waals surface area contributed by atoms with Crippen LogP contribution in [-0.2, 0) is 20.8 Å². The summed E-state index contributed by atoms with van der Waals surface area (Å²) in [4.78, 5) is 0. The van der Waals surface area contributed by atoms with Gasteiger partial charge in [-0.05, 0) is 34.3 Å². The Kier molecular flexibility index (Phi) is 13.7. The fourth-order valence-corrected chi connectivity index (χ4v) is 14.0. The standard InChI is InChI=1S/C35H42Si.2CH3.2ClH.Zr/c1-3-4-5-6-7-14-24-36(2,34-23-15-22-28-27-17-9-8-16-26(27)25-33(28)34)35-31-20-12-10-18-29(31)30-19-11-13-21-32(30)35;;;;;/h8-13,15-23,26,31-33,35H,3-7,14,24-25H2,1-2H3;2*1H3;2*1H;/q;2*-1;;;+4/p-2/t26?,31?,32?,33?,35?,36-;;;;;/m0...../s1. The summed E-state index contributed by atoms with van der Waals surface area (Å²) in [5, 5.41) is 1.86. The molecule has 4 unspecified atom stereocenters. The molecule has 0 amide bonds. The summed E-state index contributed by atoms with van der Waals surface area (Å²) in [6, 6.07) is 1.43. The quantitative estimate of drug-likeness (QED) is 0.129. The first-order chi connectivity index (χ1) is 19.1. The predicted molar refractivity (Wildman–Crippen MR) is 183 cm³/mol. The zero-order valence-electron chi connectivity index (χ0n) is 25.5. The molecule has 0 aliphatic heterocycles. The molecule has 0 fully saturated rings. The van der Waals surface area contributed by atoms with Crippen molar-refractivity contribution in [3.05, 3.63) is 133 Å². The monoisotopic (exact) mass is 680 g/mol. The van der Waals surface area contributed by atoms with Gasteiger partial charge in [0.15, 0.2) is 0 Å². The third-order valence-electron chi connectivity index (χ3n) is 9.94. The molecule has 0 bridgehead atoms. The van der Waals surface area contributed by atoms with E-state index in [9.17, 15) is 0 Å². The van der Waals surface area contributed by atoms with Gasteiger partial charge in [-0.1, -0.05) is 154 Å². The molecule has 0 N–H and O–H groups in total. The molecule has 0 aromatic carbocycles. The van der Waals surface area contributed by atoms with Crippen LogP contribution in [0.25, 0.3) is 0 Å². The van der Waals surface area contributed by atoms with Crippen molar-refractivity contribution < 1.29 is 20.8 Å². The van der Waals surface area contributed by atoms with Gasteiger partial charge in [0.2, 0.25) is 0 Å².